The van der Waals surface area contributed by atoms with Gasteiger partial charge in [-0.1, -0.05) is 0 Å². The third-order valence-corrected chi connectivity index (χ3v) is 5.82. The topological polar surface area (TPSA) is 130 Å². The normalized spacial score (nSPS) is 12.5. The smallest absolute Gasteiger partial charge is 0.408 e. The Morgan fingerprint density at radius 1 is 1.00 bits per heavy atom. The number of nitrogens with one attached hydrogen (secondary N) is 1. The lowest BCUT2D eigenvalue weighted by atomic mass is 10.1. The lowest BCUT2D eigenvalue weighted by Gasteiger charge is -2.25. The number of carbonyl (C=O) groups excluding carboxylic acids is 3. The Labute approximate surface area is 217 Å². The Balaban J connectivity index is 1.71. The quantitative estimate of drug-likeness (QED) is 0.432. The van der Waals surface area contributed by atoms with Crippen molar-refractivity contribution in [2.24, 2.45) is 0 Å². The third-order valence-electron chi connectivity index (χ3n) is 4.11. The van der Waals surface area contributed by atoms with Crippen LogP contribution in [-0.2, 0) is 20.7 Å². The minimum atomic E-state index is -0.995. The summed E-state index contributed by atoms with van der Waals surface area (Å²) in [5, 5.41) is 7.10. The second-order valence-electron chi connectivity index (χ2n) is 9.69. The molecule has 1 N–H and O–H groups in total. The molecule has 0 bridgehead atoms. The Hall–Kier alpha value is -3.38. The van der Waals surface area contributed by atoms with Gasteiger partial charge >= 0.3 is 18.0 Å². The van der Waals surface area contributed by atoms with Crippen LogP contribution in [-0.4, -0.2) is 50.2 Å². The first-order valence-electron chi connectivity index (χ1n) is 11.0. The zero-order chi connectivity index (χ0) is 26.5. The molecule has 3 rings (SSSR count). The molecule has 10 nitrogen and oxygen atoms in total. The molecule has 3 aromatic rings. The summed E-state index contributed by atoms with van der Waals surface area (Å²) in [7, 11) is 0. The average molecular weight is 533 g/mol. The van der Waals surface area contributed by atoms with Crippen LogP contribution in [0.5, 0.6) is 5.88 Å². The summed E-state index contributed by atoms with van der Waals surface area (Å²) < 4.78 is 16.1. The maximum Gasteiger partial charge on any atom is 0.408 e. The van der Waals surface area contributed by atoms with Crippen LogP contribution in [0.3, 0.4) is 0 Å². The highest BCUT2D eigenvalue weighted by atomic mass is 32.1. The van der Waals surface area contributed by atoms with E-state index in [0.717, 1.165) is 0 Å². The largest absolute Gasteiger partial charge is 0.458 e. The van der Waals surface area contributed by atoms with E-state index in [1.165, 1.54) is 28.9 Å². The van der Waals surface area contributed by atoms with Crippen molar-refractivity contribution in [2.75, 3.05) is 0 Å². The van der Waals surface area contributed by atoms with E-state index in [1.807, 2.05) is 0 Å². The van der Waals surface area contributed by atoms with E-state index < -0.39 is 35.3 Å². The van der Waals surface area contributed by atoms with Crippen LogP contribution in [0, 0.1) is 0 Å². The molecule has 0 saturated carbocycles. The monoisotopic (exact) mass is 532 g/mol. The molecular formula is C24H28N4O6S2. The number of carbonyl (C=O) groups is 3. The predicted molar refractivity (Wildman–Crippen MR) is 135 cm³/mol. The molecule has 192 valence electrons. The van der Waals surface area contributed by atoms with Gasteiger partial charge in [0.05, 0.1) is 16.0 Å². The summed E-state index contributed by atoms with van der Waals surface area (Å²) >= 11 is 2.57. The standard InChI is InChI=1S/C24H28N4O6S2/c1-23(2,3)33-21(30)15(27-22(31)34-24(4,5)6)10-18-26-16(12-35-18)19-28-17(13-36-19)32-20(29)14-8-7-9-25-11-14/h7-9,11-13,15H,10H2,1-6H3,(H,27,31). The highest BCUT2D eigenvalue weighted by Gasteiger charge is 2.30. The van der Waals surface area contributed by atoms with E-state index in [-0.39, 0.29) is 12.3 Å². The van der Waals surface area contributed by atoms with Crippen molar-refractivity contribution in [3.05, 3.63) is 45.9 Å². The molecule has 0 fully saturated rings. The van der Waals surface area contributed by atoms with Gasteiger partial charge in [-0.25, -0.2) is 19.4 Å². The number of nitrogens with zero attached hydrogens (tertiary/aromatic N) is 3. The minimum absolute atomic E-state index is 0.104. The fraction of sp³-hybridized carbons (Fsp3) is 0.417. The Morgan fingerprint density at radius 2 is 1.72 bits per heavy atom. The Bertz CT molecular complexity index is 1210. The van der Waals surface area contributed by atoms with Gasteiger partial charge in [-0.15, -0.1) is 22.7 Å². The van der Waals surface area contributed by atoms with Gasteiger partial charge in [0, 0.05) is 24.2 Å². The number of hydrogen-bond acceptors (Lipinski definition) is 11. The maximum absolute atomic E-state index is 12.8. The number of amides is 1. The van der Waals surface area contributed by atoms with Crippen molar-refractivity contribution in [3.8, 4) is 16.6 Å². The molecule has 0 saturated heterocycles. The van der Waals surface area contributed by atoms with Gasteiger partial charge in [0.1, 0.15) is 27.9 Å². The van der Waals surface area contributed by atoms with E-state index in [1.54, 1.807) is 70.6 Å². The van der Waals surface area contributed by atoms with Gasteiger partial charge in [-0.2, -0.15) is 4.98 Å². The highest BCUT2D eigenvalue weighted by Crippen LogP contribution is 2.29. The average Bonchev–Trinajstić information content (AvgIpc) is 3.41. The number of aromatic nitrogens is 3. The number of rotatable bonds is 7. The van der Waals surface area contributed by atoms with Crippen molar-refractivity contribution in [1.82, 2.24) is 20.3 Å². The maximum atomic E-state index is 12.8. The Morgan fingerprint density at radius 3 is 2.36 bits per heavy atom. The zero-order valence-corrected chi connectivity index (χ0v) is 22.5. The van der Waals surface area contributed by atoms with Gasteiger partial charge < -0.3 is 19.5 Å². The van der Waals surface area contributed by atoms with Gasteiger partial charge in [0.2, 0.25) is 5.88 Å². The Kier molecular flexibility index (Phi) is 8.41. The lowest BCUT2D eigenvalue weighted by molar-refractivity contribution is -0.157. The second kappa shape index (κ2) is 11.1. The number of pyridine rings is 1. The zero-order valence-electron chi connectivity index (χ0n) is 20.9. The van der Waals surface area contributed by atoms with Crippen LogP contribution in [0.1, 0.15) is 56.9 Å². The fourth-order valence-electron chi connectivity index (χ4n) is 2.75. The molecule has 1 atom stereocenters. The first-order chi connectivity index (χ1) is 16.8. The number of alkyl carbamates (subject to hydrolysis) is 1. The van der Waals surface area contributed by atoms with Crippen LogP contribution >= 0.6 is 22.7 Å². The summed E-state index contributed by atoms with van der Waals surface area (Å²) in [6.07, 6.45) is 2.35. The van der Waals surface area contributed by atoms with Crippen molar-refractivity contribution in [3.63, 3.8) is 0 Å². The summed E-state index contributed by atoms with van der Waals surface area (Å²) in [5.41, 5.74) is -0.582. The molecular weight excluding hydrogens is 504 g/mol. The highest BCUT2D eigenvalue weighted by molar-refractivity contribution is 7.14. The van der Waals surface area contributed by atoms with Gasteiger partial charge in [-0.05, 0) is 53.7 Å². The molecule has 0 aliphatic carbocycles. The molecule has 12 heteroatoms. The second-order valence-corrected chi connectivity index (χ2v) is 11.5. The van der Waals surface area contributed by atoms with Gasteiger partial charge in [-0.3, -0.25) is 4.98 Å². The molecule has 0 aliphatic heterocycles. The number of esters is 2. The van der Waals surface area contributed by atoms with Crippen molar-refractivity contribution >= 4 is 40.7 Å². The van der Waals surface area contributed by atoms with Crippen LogP contribution in [0.25, 0.3) is 10.7 Å². The minimum Gasteiger partial charge on any atom is -0.458 e. The van der Waals surface area contributed by atoms with E-state index in [9.17, 15) is 14.4 Å². The summed E-state index contributed by atoms with van der Waals surface area (Å²) in [6, 6.07) is 2.24. The van der Waals surface area contributed by atoms with E-state index in [2.05, 4.69) is 20.3 Å². The van der Waals surface area contributed by atoms with Crippen molar-refractivity contribution < 1.29 is 28.6 Å². The molecule has 3 aromatic heterocycles. The number of hydrogen-bond donors (Lipinski definition) is 1. The number of ether oxygens (including phenoxy) is 3. The van der Waals surface area contributed by atoms with Crippen LogP contribution in [0.4, 0.5) is 4.79 Å². The van der Waals surface area contributed by atoms with Crippen LogP contribution in [0.2, 0.25) is 0 Å². The molecule has 0 radical (unpaired) electrons. The first kappa shape index (κ1) is 27.2. The van der Waals surface area contributed by atoms with E-state index in [4.69, 9.17) is 14.2 Å². The van der Waals surface area contributed by atoms with Crippen molar-refractivity contribution in [1.29, 1.82) is 0 Å². The van der Waals surface area contributed by atoms with Gasteiger partial charge in [0.25, 0.3) is 0 Å². The molecule has 0 spiro atoms. The summed E-state index contributed by atoms with van der Waals surface area (Å²) in [5.74, 6) is -1.01. The molecule has 0 aliphatic rings. The molecule has 0 aromatic carbocycles. The third kappa shape index (κ3) is 8.38. The van der Waals surface area contributed by atoms with Crippen molar-refractivity contribution in [2.45, 2.75) is 65.2 Å². The summed E-state index contributed by atoms with van der Waals surface area (Å²) in [6.45, 7) is 10.4. The summed E-state index contributed by atoms with van der Waals surface area (Å²) in [4.78, 5) is 50.1. The fourth-order valence-corrected chi connectivity index (χ4v) is 4.34. The van der Waals surface area contributed by atoms with Gasteiger partial charge in [0.15, 0.2) is 0 Å². The van der Waals surface area contributed by atoms with Crippen LogP contribution < -0.4 is 10.1 Å². The SMILES string of the molecule is CC(C)(C)OC(=O)NC(Cc1nc(-c2nc(OC(=O)c3cccnc3)cs2)cs1)C(=O)OC(C)(C)C. The van der Waals surface area contributed by atoms with E-state index in [0.29, 0.717) is 21.3 Å². The predicted octanol–water partition coefficient (Wildman–Crippen LogP) is 4.66. The first-order valence-corrected chi connectivity index (χ1v) is 12.8. The van der Waals surface area contributed by atoms with E-state index >= 15 is 0 Å². The molecule has 3 heterocycles. The lowest BCUT2D eigenvalue weighted by Crippen LogP contribution is -2.47. The number of thiazole rings is 2. The molecule has 1 unspecified atom stereocenters. The molecule has 36 heavy (non-hydrogen) atoms. The molecule has 1 amide bonds. The van der Waals surface area contributed by atoms with Crippen LogP contribution in [0.15, 0.2) is 35.3 Å².